The molecule has 29 heavy (non-hydrogen) atoms. The van der Waals surface area contributed by atoms with Gasteiger partial charge >= 0.3 is 0 Å². The third-order valence-electron chi connectivity index (χ3n) is 5.22. The molecule has 154 valence electrons. The molecule has 0 aliphatic carbocycles. The number of anilines is 1. The normalized spacial score (nSPS) is 20.4. The monoisotopic (exact) mass is 400 g/mol. The Kier molecular flexibility index (Phi) is 5.51. The van der Waals surface area contributed by atoms with E-state index in [-0.39, 0.29) is 30.4 Å². The Bertz CT molecular complexity index is 861. The van der Waals surface area contributed by atoms with Crippen molar-refractivity contribution in [3.05, 3.63) is 42.5 Å². The number of amides is 1. The van der Waals surface area contributed by atoms with Crippen LogP contribution in [0.25, 0.3) is 0 Å². The molecule has 2 saturated heterocycles. The fourth-order valence-electron chi connectivity index (χ4n) is 3.83. The van der Waals surface area contributed by atoms with E-state index in [1.165, 1.54) is 30.6 Å². The van der Waals surface area contributed by atoms with Crippen molar-refractivity contribution in [2.24, 2.45) is 5.92 Å². The number of carbonyl (C=O) groups is 1. The quantitative estimate of drug-likeness (QED) is 0.712. The molecule has 2 aromatic rings. The SMILES string of the molecule is CC(C)COc1cc(N2C[C@@H]3C[C@H]2CN3C(=O)COc2ccc(F)cc2)ncn1. The maximum Gasteiger partial charge on any atom is 0.260 e. The summed E-state index contributed by atoms with van der Waals surface area (Å²) < 4.78 is 24.2. The number of hydrogen-bond acceptors (Lipinski definition) is 6. The van der Waals surface area contributed by atoms with E-state index < -0.39 is 0 Å². The third kappa shape index (κ3) is 4.41. The fourth-order valence-corrected chi connectivity index (χ4v) is 3.83. The highest BCUT2D eigenvalue weighted by Crippen LogP contribution is 2.34. The van der Waals surface area contributed by atoms with Crippen LogP contribution in [0.15, 0.2) is 36.7 Å². The van der Waals surface area contributed by atoms with Gasteiger partial charge in [-0.05, 0) is 36.6 Å². The van der Waals surface area contributed by atoms with E-state index in [1.54, 1.807) is 0 Å². The second-order valence-electron chi connectivity index (χ2n) is 7.90. The summed E-state index contributed by atoms with van der Waals surface area (Å²) in [6.07, 6.45) is 2.44. The van der Waals surface area contributed by atoms with Crippen LogP contribution in [0.4, 0.5) is 10.2 Å². The lowest BCUT2D eigenvalue weighted by atomic mass is 10.2. The number of hydrogen-bond donors (Lipinski definition) is 0. The van der Waals surface area contributed by atoms with Gasteiger partial charge in [0, 0.05) is 19.2 Å². The number of rotatable bonds is 7. The van der Waals surface area contributed by atoms with Gasteiger partial charge in [-0.15, -0.1) is 0 Å². The molecule has 2 aliphatic rings. The van der Waals surface area contributed by atoms with Gasteiger partial charge in [-0.25, -0.2) is 14.4 Å². The lowest BCUT2D eigenvalue weighted by molar-refractivity contribution is -0.134. The Morgan fingerprint density at radius 3 is 2.66 bits per heavy atom. The largest absolute Gasteiger partial charge is 0.484 e. The molecule has 0 saturated carbocycles. The fraction of sp³-hybridized carbons (Fsp3) is 0.476. The molecule has 1 aromatic carbocycles. The zero-order valence-corrected chi connectivity index (χ0v) is 16.6. The van der Waals surface area contributed by atoms with Crippen molar-refractivity contribution < 1.29 is 18.7 Å². The van der Waals surface area contributed by atoms with Crippen LogP contribution in [-0.4, -0.2) is 59.2 Å². The molecule has 0 N–H and O–H groups in total. The number of halogens is 1. The maximum atomic E-state index is 13.0. The first-order valence-electron chi connectivity index (χ1n) is 9.89. The molecule has 3 heterocycles. The van der Waals surface area contributed by atoms with Crippen LogP contribution in [0.3, 0.4) is 0 Å². The van der Waals surface area contributed by atoms with E-state index in [0.29, 0.717) is 30.7 Å². The zero-order chi connectivity index (χ0) is 20.4. The van der Waals surface area contributed by atoms with Crippen LogP contribution in [0.2, 0.25) is 0 Å². The van der Waals surface area contributed by atoms with E-state index in [1.807, 2.05) is 11.0 Å². The van der Waals surface area contributed by atoms with Gasteiger partial charge in [0.05, 0.1) is 18.7 Å². The molecule has 2 fully saturated rings. The summed E-state index contributed by atoms with van der Waals surface area (Å²) in [5.41, 5.74) is 0. The summed E-state index contributed by atoms with van der Waals surface area (Å²) in [6, 6.07) is 7.91. The minimum Gasteiger partial charge on any atom is -0.484 e. The Hall–Kier alpha value is -2.90. The molecular weight excluding hydrogens is 375 g/mol. The third-order valence-corrected chi connectivity index (χ3v) is 5.22. The van der Waals surface area contributed by atoms with E-state index in [4.69, 9.17) is 9.47 Å². The van der Waals surface area contributed by atoms with E-state index in [9.17, 15) is 9.18 Å². The number of likely N-dealkylation sites (tertiary alicyclic amines) is 1. The highest BCUT2D eigenvalue weighted by Gasteiger charge is 2.45. The van der Waals surface area contributed by atoms with Crippen LogP contribution < -0.4 is 14.4 Å². The molecule has 2 bridgehead atoms. The van der Waals surface area contributed by atoms with Gasteiger partial charge in [-0.1, -0.05) is 13.8 Å². The average Bonchev–Trinajstić information content (AvgIpc) is 3.33. The topological polar surface area (TPSA) is 67.8 Å². The molecule has 0 unspecified atom stereocenters. The summed E-state index contributed by atoms with van der Waals surface area (Å²) in [5, 5.41) is 0. The number of aromatic nitrogens is 2. The van der Waals surface area contributed by atoms with Crippen molar-refractivity contribution in [2.75, 3.05) is 31.2 Å². The Morgan fingerprint density at radius 2 is 1.97 bits per heavy atom. The summed E-state index contributed by atoms with van der Waals surface area (Å²) in [6.45, 7) is 6.12. The molecule has 2 atom stereocenters. The number of fused-ring (bicyclic) bond motifs is 2. The van der Waals surface area contributed by atoms with Crippen LogP contribution >= 0.6 is 0 Å². The van der Waals surface area contributed by atoms with Gasteiger partial charge in [0.2, 0.25) is 5.88 Å². The van der Waals surface area contributed by atoms with Crippen molar-refractivity contribution in [3.8, 4) is 11.6 Å². The number of carbonyl (C=O) groups excluding carboxylic acids is 1. The Balaban J connectivity index is 1.33. The van der Waals surface area contributed by atoms with Crippen LogP contribution in [0.5, 0.6) is 11.6 Å². The minimum absolute atomic E-state index is 0.0461. The van der Waals surface area contributed by atoms with E-state index in [0.717, 1.165) is 18.8 Å². The molecule has 8 heteroatoms. The summed E-state index contributed by atoms with van der Waals surface area (Å²) in [4.78, 5) is 25.3. The van der Waals surface area contributed by atoms with Gasteiger partial charge in [0.15, 0.2) is 6.61 Å². The number of nitrogens with zero attached hydrogens (tertiary/aromatic N) is 4. The van der Waals surface area contributed by atoms with Crippen LogP contribution in [-0.2, 0) is 4.79 Å². The van der Waals surface area contributed by atoms with Crippen molar-refractivity contribution >= 4 is 11.7 Å². The van der Waals surface area contributed by atoms with Crippen molar-refractivity contribution in [3.63, 3.8) is 0 Å². The molecule has 1 amide bonds. The summed E-state index contributed by atoms with van der Waals surface area (Å²) in [5.74, 6) is 1.94. The predicted molar refractivity (Wildman–Crippen MR) is 106 cm³/mol. The highest BCUT2D eigenvalue weighted by molar-refractivity contribution is 5.79. The highest BCUT2D eigenvalue weighted by atomic mass is 19.1. The van der Waals surface area contributed by atoms with Gasteiger partial charge in [0.1, 0.15) is 23.7 Å². The number of piperazine rings is 1. The van der Waals surface area contributed by atoms with Crippen molar-refractivity contribution in [1.29, 1.82) is 0 Å². The maximum absolute atomic E-state index is 13.0. The smallest absolute Gasteiger partial charge is 0.260 e. The molecule has 0 spiro atoms. The minimum atomic E-state index is -0.330. The molecule has 0 radical (unpaired) electrons. The predicted octanol–water partition coefficient (Wildman–Crippen LogP) is 2.52. The van der Waals surface area contributed by atoms with Crippen LogP contribution in [0, 0.1) is 11.7 Å². The van der Waals surface area contributed by atoms with Gasteiger partial charge in [-0.2, -0.15) is 0 Å². The van der Waals surface area contributed by atoms with Crippen LogP contribution in [0.1, 0.15) is 20.3 Å². The second kappa shape index (κ2) is 8.23. The Labute approximate surface area is 169 Å². The Morgan fingerprint density at radius 1 is 1.17 bits per heavy atom. The number of ether oxygens (including phenoxy) is 2. The molecule has 1 aromatic heterocycles. The molecule has 7 nitrogen and oxygen atoms in total. The van der Waals surface area contributed by atoms with Crippen molar-refractivity contribution in [2.45, 2.75) is 32.4 Å². The van der Waals surface area contributed by atoms with E-state index >= 15 is 0 Å². The summed E-state index contributed by atoms with van der Waals surface area (Å²) >= 11 is 0. The summed E-state index contributed by atoms with van der Waals surface area (Å²) in [7, 11) is 0. The standard InChI is InChI=1S/C21H25FN4O3/c1-14(2)11-29-20-8-19(23-13-24-20)25-9-17-7-16(25)10-26(17)21(27)12-28-18-5-3-15(22)4-6-18/h3-6,8,13-14,16-17H,7,9-12H2,1-2H3/t16-,17-/m0/s1. The van der Waals surface area contributed by atoms with E-state index in [2.05, 4.69) is 28.7 Å². The van der Waals surface area contributed by atoms with Crippen molar-refractivity contribution in [1.82, 2.24) is 14.9 Å². The van der Waals surface area contributed by atoms with Gasteiger partial charge in [0.25, 0.3) is 5.91 Å². The first-order chi connectivity index (χ1) is 14.0. The zero-order valence-electron chi connectivity index (χ0n) is 16.6. The average molecular weight is 400 g/mol. The first-order valence-corrected chi connectivity index (χ1v) is 9.89. The lowest BCUT2D eigenvalue weighted by Crippen LogP contribution is -2.50. The first kappa shape index (κ1) is 19.4. The molecule has 4 rings (SSSR count). The van der Waals surface area contributed by atoms with Gasteiger partial charge in [-0.3, -0.25) is 4.79 Å². The molecular formula is C21H25FN4O3. The second-order valence-corrected chi connectivity index (χ2v) is 7.90. The van der Waals surface area contributed by atoms with Gasteiger partial charge < -0.3 is 19.3 Å². The molecule has 2 aliphatic heterocycles. The number of benzene rings is 1. The lowest BCUT2D eigenvalue weighted by Gasteiger charge is -2.34.